The molecule has 9 heteroatoms. The smallest absolute Gasteiger partial charge is 0.349 e. The molecule has 0 atom stereocenters. The summed E-state index contributed by atoms with van der Waals surface area (Å²) in [5.74, 6) is -11.8. The number of halogens is 5. The van der Waals surface area contributed by atoms with Crippen molar-refractivity contribution in [2.24, 2.45) is 0 Å². The van der Waals surface area contributed by atoms with Gasteiger partial charge in [-0.3, -0.25) is 0 Å². The van der Waals surface area contributed by atoms with Crippen LogP contribution in [-0.4, -0.2) is 11.9 Å². The number of benzene rings is 3. The molecule has 3 aromatic rings. The summed E-state index contributed by atoms with van der Waals surface area (Å²) in [6, 6.07) is 8.30. The van der Waals surface area contributed by atoms with Crippen LogP contribution >= 0.6 is 0 Å². The number of hydrogen-bond acceptors (Lipinski definition) is 4. The van der Waals surface area contributed by atoms with Crippen molar-refractivity contribution in [3.8, 4) is 11.5 Å². The summed E-state index contributed by atoms with van der Waals surface area (Å²) in [4.78, 5) is 24.3. The molecule has 0 spiro atoms. The van der Waals surface area contributed by atoms with E-state index in [2.05, 4.69) is 4.74 Å². The van der Waals surface area contributed by atoms with Gasteiger partial charge < -0.3 is 9.47 Å². The number of hydrogen-bond donors (Lipinski definition) is 0. The molecular weight excluding hydrogens is 435 g/mol. The maximum Gasteiger partial charge on any atom is 0.349 e. The average molecular weight is 450 g/mol. The highest BCUT2D eigenvalue weighted by molar-refractivity contribution is 5.93. The molecule has 32 heavy (non-hydrogen) atoms. The van der Waals surface area contributed by atoms with E-state index >= 15 is 0 Å². The van der Waals surface area contributed by atoms with Gasteiger partial charge >= 0.3 is 11.9 Å². The maximum absolute atomic E-state index is 14.3. The molecular formula is C23H15F5O4. The van der Waals surface area contributed by atoms with E-state index in [1.165, 1.54) is 12.1 Å². The first-order chi connectivity index (χ1) is 15.2. The Morgan fingerprint density at radius 3 is 1.69 bits per heavy atom. The molecule has 0 aliphatic carbocycles. The highest BCUT2D eigenvalue weighted by atomic mass is 19.2. The number of aryl methyl sites for hydroxylation is 1. The number of carbonyl (C=O) groups excluding carboxylic acids is 2. The zero-order chi connectivity index (χ0) is 23.4. The third-order valence-corrected chi connectivity index (χ3v) is 4.33. The van der Waals surface area contributed by atoms with Gasteiger partial charge in [0.15, 0.2) is 17.5 Å². The standard InChI is InChI=1S/C23H15F5O4/c1-2-3-12-4-6-13(7-5-12)22(29)31-14-8-16(24)20(17(25)9-14)23(30)32-15-10-18(26)21(28)19(27)11-15/h4-11H,2-3H2,1H3. The molecule has 0 aliphatic rings. The summed E-state index contributed by atoms with van der Waals surface area (Å²) in [6.45, 7) is 2.00. The molecule has 0 unspecified atom stereocenters. The Hall–Kier alpha value is -3.75. The topological polar surface area (TPSA) is 52.6 Å². The summed E-state index contributed by atoms with van der Waals surface area (Å²) in [6.07, 6.45) is 1.74. The van der Waals surface area contributed by atoms with Crippen molar-refractivity contribution < 1.29 is 41.0 Å². The van der Waals surface area contributed by atoms with E-state index in [1.54, 1.807) is 12.1 Å². The minimum atomic E-state index is -1.80. The van der Waals surface area contributed by atoms with Crippen molar-refractivity contribution in [1.29, 1.82) is 0 Å². The van der Waals surface area contributed by atoms with Crippen molar-refractivity contribution in [3.63, 3.8) is 0 Å². The normalized spacial score (nSPS) is 10.7. The first-order valence-corrected chi connectivity index (χ1v) is 9.36. The Kier molecular flexibility index (Phi) is 6.87. The van der Waals surface area contributed by atoms with E-state index in [9.17, 15) is 31.5 Å². The molecule has 0 fully saturated rings. The van der Waals surface area contributed by atoms with Crippen LogP contribution in [0.2, 0.25) is 0 Å². The molecule has 0 saturated carbocycles. The van der Waals surface area contributed by atoms with Crippen LogP contribution in [0.1, 0.15) is 39.6 Å². The lowest BCUT2D eigenvalue weighted by Crippen LogP contribution is -2.15. The molecule has 0 radical (unpaired) electrons. The third kappa shape index (κ3) is 5.11. The van der Waals surface area contributed by atoms with E-state index in [-0.39, 0.29) is 5.56 Å². The molecule has 0 heterocycles. The number of ether oxygens (including phenoxy) is 2. The molecule has 166 valence electrons. The highest BCUT2D eigenvalue weighted by Gasteiger charge is 2.23. The SMILES string of the molecule is CCCc1ccc(C(=O)Oc2cc(F)c(C(=O)Oc3cc(F)c(F)c(F)c3)c(F)c2)cc1. The van der Waals surface area contributed by atoms with E-state index in [4.69, 9.17) is 4.74 Å². The number of esters is 2. The zero-order valence-electron chi connectivity index (χ0n) is 16.6. The third-order valence-electron chi connectivity index (χ3n) is 4.33. The fourth-order valence-electron chi connectivity index (χ4n) is 2.82. The Morgan fingerprint density at radius 2 is 1.19 bits per heavy atom. The summed E-state index contributed by atoms with van der Waals surface area (Å²) in [5, 5.41) is 0. The van der Waals surface area contributed by atoms with Crippen LogP contribution in [-0.2, 0) is 6.42 Å². The molecule has 0 N–H and O–H groups in total. The Morgan fingerprint density at radius 1 is 0.719 bits per heavy atom. The van der Waals surface area contributed by atoms with Crippen LogP contribution in [0.4, 0.5) is 22.0 Å². The molecule has 3 aromatic carbocycles. The number of rotatable bonds is 6. The lowest BCUT2D eigenvalue weighted by Gasteiger charge is -2.10. The first kappa shape index (κ1) is 22.9. The van der Waals surface area contributed by atoms with Gasteiger partial charge in [0.25, 0.3) is 0 Å². The average Bonchev–Trinajstić information content (AvgIpc) is 2.72. The van der Waals surface area contributed by atoms with Crippen molar-refractivity contribution in [1.82, 2.24) is 0 Å². The van der Waals surface area contributed by atoms with Gasteiger partial charge in [-0.05, 0) is 24.1 Å². The quantitative estimate of drug-likeness (QED) is 0.207. The second-order valence-corrected chi connectivity index (χ2v) is 6.69. The predicted octanol–water partition coefficient (Wildman–Crippen LogP) is 5.77. The van der Waals surface area contributed by atoms with Gasteiger partial charge in [0.1, 0.15) is 28.7 Å². The molecule has 0 aliphatic heterocycles. The Bertz CT molecular complexity index is 1130. The predicted molar refractivity (Wildman–Crippen MR) is 103 cm³/mol. The van der Waals surface area contributed by atoms with Gasteiger partial charge in [-0.15, -0.1) is 0 Å². The largest absolute Gasteiger partial charge is 0.423 e. The van der Waals surface area contributed by atoms with E-state index in [1.807, 2.05) is 6.92 Å². The second-order valence-electron chi connectivity index (χ2n) is 6.69. The van der Waals surface area contributed by atoms with E-state index in [0.717, 1.165) is 18.4 Å². The van der Waals surface area contributed by atoms with Crippen molar-refractivity contribution in [2.75, 3.05) is 0 Å². The van der Waals surface area contributed by atoms with Gasteiger partial charge in [-0.25, -0.2) is 31.5 Å². The highest BCUT2D eigenvalue weighted by Crippen LogP contribution is 2.25. The molecule has 3 rings (SSSR count). The van der Waals surface area contributed by atoms with E-state index < -0.39 is 58.1 Å². The number of carbonyl (C=O) groups is 2. The summed E-state index contributed by atoms with van der Waals surface area (Å²) < 4.78 is 77.6. The van der Waals surface area contributed by atoms with Crippen molar-refractivity contribution >= 4 is 11.9 Å². The summed E-state index contributed by atoms with van der Waals surface area (Å²) in [7, 11) is 0. The van der Waals surface area contributed by atoms with Crippen LogP contribution in [0.5, 0.6) is 11.5 Å². The van der Waals surface area contributed by atoms with Gasteiger partial charge in [0.05, 0.1) is 5.56 Å². The van der Waals surface area contributed by atoms with Crippen LogP contribution < -0.4 is 9.47 Å². The molecule has 4 nitrogen and oxygen atoms in total. The van der Waals surface area contributed by atoms with Gasteiger partial charge in [-0.2, -0.15) is 0 Å². The zero-order valence-corrected chi connectivity index (χ0v) is 16.6. The summed E-state index contributed by atoms with van der Waals surface area (Å²) >= 11 is 0. The van der Waals surface area contributed by atoms with Gasteiger partial charge in [-0.1, -0.05) is 25.5 Å². The second kappa shape index (κ2) is 9.59. The summed E-state index contributed by atoms with van der Waals surface area (Å²) in [5.41, 5.74) is -0.0432. The van der Waals surface area contributed by atoms with E-state index in [0.29, 0.717) is 24.3 Å². The van der Waals surface area contributed by atoms with Gasteiger partial charge in [0.2, 0.25) is 0 Å². The van der Waals surface area contributed by atoms with Gasteiger partial charge in [0, 0.05) is 24.3 Å². The minimum Gasteiger partial charge on any atom is -0.423 e. The molecule has 0 bridgehead atoms. The van der Waals surface area contributed by atoms with Crippen LogP contribution in [0.15, 0.2) is 48.5 Å². The molecule has 0 saturated heterocycles. The maximum atomic E-state index is 14.3. The first-order valence-electron chi connectivity index (χ1n) is 9.36. The van der Waals surface area contributed by atoms with Crippen molar-refractivity contribution in [2.45, 2.75) is 19.8 Å². The Labute approximate surface area is 179 Å². The molecule has 0 aromatic heterocycles. The lowest BCUT2D eigenvalue weighted by molar-refractivity contribution is 0.0723. The minimum absolute atomic E-state index is 0.148. The van der Waals surface area contributed by atoms with Crippen LogP contribution in [0.25, 0.3) is 0 Å². The fraction of sp³-hybridized carbons (Fsp3) is 0.130. The van der Waals surface area contributed by atoms with Crippen LogP contribution in [0, 0.1) is 29.1 Å². The lowest BCUT2D eigenvalue weighted by atomic mass is 10.1. The van der Waals surface area contributed by atoms with Crippen molar-refractivity contribution in [3.05, 3.63) is 94.3 Å². The molecule has 0 amide bonds. The Balaban J connectivity index is 1.77. The van der Waals surface area contributed by atoms with Crippen LogP contribution in [0.3, 0.4) is 0 Å². The monoisotopic (exact) mass is 450 g/mol. The fourth-order valence-corrected chi connectivity index (χ4v) is 2.82.